The van der Waals surface area contributed by atoms with E-state index in [1.807, 2.05) is 0 Å². The Balaban J connectivity index is 0.00000169. The van der Waals surface area contributed by atoms with Crippen molar-refractivity contribution in [2.45, 2.75) is 13.5 Å². The number of hydrogen-bond acceptors (Lipinski definition) is 2. The maximum atomic E-state index is 12.9. The van der Waals surface area contributed by atoms with Crippen molar-refractivity contribution >= 4 is 18.1 Å². The number of halogens is 4. The lowest BCUT2D eigenvalue weighted by atomic mass is 10.2. The lowest BCUT2D eigenvalue weighted by molar-refractivity contribution is -0.0516. The fourth-order valence-electron chi connectivity index (χ4n) is 0.969. The van der Waals surface area contributed by atoms with Gasteiger partial charge < -0.3 is 10.5 Å². The quantitative estimate of drug-likeness (QED) is 0.789. The van der Waals surface area contributed by atoms with Crippen molar-refractivity contribution in [2.24, 2.45) is 0 Å². The van der Waals surface area contributed by atoms with Gasteiger partial charge in [0.25, 0.3) is 0 Å². The highest BCUT2D eigenvalue weighted by molar-refractivity contribution is 5.85. The standard InChI is InChI=1S/C8H8F3NO.ClH/c1-4-2-5(9)7(6(12)3-4)13-8(10)11;/h2-3,8H,12H2,1H3;1H. The van der Waals surface area contributed by atoms with Crippen molar-refractivity contribution in [2.75, 3.05) is 5.73 Å². The average Bonchev–Trinajstić information content (AvgIpc) is 1.96. The molecule has 0 saturated carbocycles. The molecule has 1 aromatic rings. The fourth-order valence-corrected chi connectivity index (χ4v) is 0.969. The minimum Gasteiger partial charge on any atom is -0.429 e. The molecule has 0 spiro atoms. The van der Waals surface area contributed by atoms with E-state index < -0.39 is 18.2 Å². The Bertz CT molecular complexity index is 296. The predicted octanol–water partition coefficient (Wildman–Crippen LogP) is 2.74. The highest BCUT2D eigenvalue weighted by Gasteiger charge is 2.13. The SMILES string of the molecule is Cc1cc(N)c(OC(F)F)c(F)c1.Cl. The summed E-state index contributed by atoms with van der Waals surface area (Å²) >= 11 is 0. The minimum absolute atomic E-state index is 0. The predicted molar refractivity (Wildman–Crippen MR) is 49.4 cm³/mol. The molecule has 0 saturated heterocycles. The van der Waals surface area contributed by atoms with Gasteiger partial charge in [-0.2, -0.15) is 8.78 Å². The number of nitrogens with two attached hydrogens (primary N) is 1. The molecule has 2 N–H and O–H groups in total. The second-order valence-electron chi connectivity index (χ2n) is 2.54. The fraction of sp³-hybridized carbons (Fsp3) is 0.250. The third-order valence-corrected chi connectivity index (χ3v) is 1.42. The van der Waals surface area contributed by atoms with Crippen LogP contribution in [0, 0.1) is 12.7 Å². The van der Waals surface area contributed by atoms with Gasteiger partial charge in [0.1, 0.15) is 0 Å². The zero-order valence-corrected chi connectivity index (χ0v) is 8.08. The first-order valence-electron chi connectivity index (χ1n) is 3.51. The third-order valence-electron chi connectivity index (χ3n) is 1.42. The minimum atomic E-state index is -3.07. The first-order chi connectivity index (χ1) is 6.00. The summed E-state index contributed by atoms with van der Waals surface area (Å²) in [5, 5.41) is 0. The van der Waals surface area contributed by atoms with Crippen molar-refractivity contribution < 1.29 is 17.9 Å². The summed E-state index contributed by atoms with van der Waals surface area (Å²) in [6, 6.07) is 2.44. The van der Waals surface area contributed by atoms with Crippen LogP contribution in [0.15, 0.2) is 12.1 Å². The van der Waals surface area contributed by atoms with Crippen LogP contribution in [0.3, 0.4) is 0 Å². The molecule has 0 aliphatic heterocycles. The maximum Gasteiger partial charge on any atom is 0.387 e. The summed E-state index contributed by atoms with van der Waals surface area (Å²) in [6.07, 6.45) is 0. The second kappa shape index (κ2) is 4.95. The van der Waals surface area contributed by atoms with Gasteiger partial charge in [0.15, 0.2) is 11.6 Å². The molecule has 0 atom stereocenters. The number of anilines is 1. The molecule has 0 bridgehead atoms. The number of rotatable bonds is 2. The number of benzene rings is 1. The molecule has 2 nitrogen and oxygen atoms in total. The number of nitrogen functional groups attached to an aromatic ring is 1. The van der Waals surface area contributed by atoms with Crippen molar-refractivity contribution in [1.82, 2.24) is 0 Å². The van der Waals surface area contributed by atoms with Crippen molar-refractivity contribution in [1.29, 1.82) is 0 Å². The van der Waals surface area contributed by atoms with Crippen LogP contribution in [0.2, 0.25) is 0 Å². The van der Waals surface area contributed by atoms with Gasteiger partial charge in [-0.05, 0) is 24.6 Å². The van der Waals surface area contributed by atoms with Crippen LogP contribution in [0.5, 0.6) is 5.75 Å². The Morgan fingerprint density at radius 2 is 1.93 bits per heavy atom. The molecule has 14 heavy (non-hydrogen) atoms. The summed E-state index contributed by atoms with van der Waals surface area (Å²) < 4.78 is 40.3. The molecule has 6 heteroatoms. The molecule has 0 aromatic heterocycles. The summed E-state index contributed by atoms with van der Waals surface area (Å²) in [7, 11) is 0. The Morgan fingerprint density at radius 3 is 2.36 bits per heavy atom. The molecule has 0 amide bonds. The van der Waals surface area contributed by atoms with Crippen LogP contribution >= 0.6 is 12.4 Å². The van der Waals surface area contributed by atoms with E-state index in [2.05, 4.69) is 4.74 Å². The van der Waals surface area contributed by atoms with Gasteiger partial charge >= 0.3 is 6.61 Å². The molecule has 80 valence electrons. The van der Waals surface area contributed by atoms with E-state index in [9.17, 15) is 13.2 Å². The zero-order valence-electron chi connectivity index (χ0n) is 7.26. The second-order valence-corrected chi connectivity index (χ2v) is 2.54. The first-order valence-corrected chi connectivity index (χ1v) is 3.51. The topological polar surface area (TPSA) is 35.2 Å². The smallest absolute Gasteiger partial charge is 0.387 e. The molecule has 1 rings (SSSR count). The molecule has 0 radical (unpaired) electrons. The van der Waals surface area contributed by atoms with E-state index in [4.69, 9.17) is 5.73 Å². The van der Waals surface area contributed by atoms with Gasteiger partial charge in [-0.25, -0.2) is 4.39 Å². The van der Waals surface area contributed by atoms with Crippen molar-refractivity contribution in [3.8, 4) is 5.75 Å². The molecular weight excluding hydrogens is 219 g/mol. The van der Waals surface area contributed by atoms with E-state index in [0.717, 1.165) is 6.07 Å². The third kappa shape index (κ3) is 2.99. The Morgan fingerprint density at radius 1 is 1.36 bits per heavy atom. The normalized spacial score (nSPS) is 9.79. The van der Waals surface area contributed by atoms with Crippen LogP contribution in [-0.2, 0) is 0 Å². The van der Waals surface area contributed by atoms with E-state index in [1.54, 1.807) is 6.92 Å². The summed E-state index contributed by atoms with van der Waals surface area (Å²) in [5.41, 5.74) is 5.70. The van der Waals surface area contributed by atoms with Gasteiger partial charge in [-0.3, -0.25) is 0 Å². The number of alkyl halides is 2. The molecule has 1 aromatic carbocycles. The molecule has 0 aliphatic carbocycles. The van der Waals surface area contributed by atoms with Gasteiger partial charge in [0, 0.05) is 0 Å². The number of aryl methyl sites for hydroxylation is 1. The maximum absolute atomic E-state index is 12.9. The summed E-state index contributed by atoms with van der Waals surface area (Å²) in [5.74, 6) is -1.47. The molecule has 0 heterocycles. The Kier molecular flexibility index (Phi) is 4.56. The number of hydrogen-bond donors (Lipinski definition) is 1. The first kappa shape index (κ1) is 12.9. The highest BCUT2D eigenvalue weighted by atomic mass is 35.5. The lowest BCUT2D eigenvalue weighted by Crippen LogP contribution is -2.06. The van der Waals surface area contributed by atoms with Gasteiger partial charge in [0.2, 0.25) is 0 Å². The van der Waals surface area contributed by atoms with Gasteiger partial charge in [-0.15, -0.1) is 12.4 Å². The van der Waals surface area contributed by atoms with E-state index in [1.165, 1.54) is 6.07 Å². The largest absolute Gasteiger partial charge is 0.429 e. The van der Waals surface area contributed by atoms with E-state index >= 15 is 0 Å². The lowest BCUT2D eigenvalue weighted by Gasteiger charge is -2.08. The molecular formula is C8H9ClF3NO. The number of ether oxygens (including phenoxy) is 1. The highest BCUT2D eigenvalue weighted by Crippen LogP contribution is 2.27. The van der Waals surface area contributed by atoms with Crippen LogP contribution < -0.4 is 10.5 Å². The van der Waals surface area contributed by atoms with Crippen molar-refractivity contribution in [3.05, 3.63) is 23.5 Å². The van der Waals surface area contributed by atoms with Gasteiger partial charge in [0.05, 0.1) is 5.69 Å². The summed E-state index contributed by atoms with van der Waals surface area (Å²) in [6.45, 7) is -1.47. The van der Waals surface area contributed by atoms with Crippen LogP contribution in [0.4, 0.5) is 18.9 Å². The summed E-state index contributed by atoms with van der Waals surface area (Å²) in [4.78, 5) is 0. The van der Waals surface area contributed by atoms with Gasteiger partial charge in [-0.1, -0.05) is 0 Å². The van der Waals surface area contributed by atoms with Crippen molar-refractivity contribution in [3.63, 3.8) is 0 Å². The van der Waals surface area contributed by atoms with Crippen LogP contribution in [-0.4, -0.2) is 6.61 Å². The molecule has 0 fully saturated rings. The molecule has 0 aliphatic rings. The van der Waals surface area contributed by atoms with Crippen LogP contribution in [0.1, 0.15) is 5.56 Å². The van der Waals surface area contributed by atoms with E-state index in [-0.39, 0.29) is 18.1 Å². The van der Waals surface area contributed by atoms with E-state index in [0.29, 0.717) is 5.56 Å². The van der Waals surface area contributed by atoms with Crippen LogP contribution in [0.25, 0.3) is 0 Å². The Hall–Kier alpha value is -1.10. The molecule has 0 unspecified atom stereocenters. The Labute approximate surface area is 85.3 Å². The average molecular weight is 228 g/mol. The monoisotopic (exact) mass is 227 g/mol. The zero-order chi connectivity index (χ0) is 10.0.